The first-order valence-electron chi connectivity index (χ1n) is 8.57. The second kappa shape index (κ2) is 7.77. The maximum absolute atomic E-state index is 13.8. The van der Waals surface area contributed by atoms with E-state index in [0.29, 0.717) is 11.8 Å². The number of rotatable bonds is 5. The number of benzene rings is 1. The Kier molecular flexibility index (Phi) is 5.97. The number of hydrogen-bond acceptors (Lipinski definition) is 3. The quantitative estimate of drug-likeness (QED) is 0.834. The molecule has 1 aromatic carbocycles. The fourth-order valence-corrected chi connectivity index (χ4v) is 3.20. The third-order valence-electron chi connectivity index (χ3n) is 5.04. The summed E-state index contributed by atoms with van der Waals surface area (Å²) in [5, 5.41) is 3.05. The number of hydrogen-bond donors (Lipinski definition) is 1. The van der Waals surface area contributed by atoms with Gasteiger partial charge in [-0.1, -0.05) is 26.7 Å². The van der Waals surface area contributed by atoms with Crippen molar-refractivity contribution in [3.8, 4) is 5.75 Å². The van der Waals surface area contributed by atoms with Crippen LogP contribution in [0.1, 0.15) is 57.3 Å². The van der Waals surface area contributed by atoms with Crippen molar-refractivity contribution in [3.05, 3.63) is 29.6 Å². The lowest BCUT2D eigenvalue weighted by atomic mass is 9.78. The van der Waals surface area contributed by atoms with Gasteiger partial charge >= 0.3 is 0 Å². The summed E-state index contributed by atoms with van der Waals surface area (Å²) in [6, 6.07) is 4.19. The van der Waals surface area contributed by atoms with E-state index in [2.05, 4.69) is 19.2 Å². The molecule has 0 heterocycles. The minimum Gasteiger partial charge on any atom is -0.481 e. The molecule has 0 aliphatic heterocycles. The van der Waals surface area contributed by atoms with Crippen LogP contribution in [-0.2, 0) is 4.79 Å². The SMILES string of the molecule is CC(=O)c1ccc(OC(C)C(=O)NC2CCCC(C)C2C)cc1F. The molecule has 1 aromatic rings. The molecule has 4 unspecified atom stereocenters. The third kappa shape index (κ3) is 4.34. The molecular formula is C19H26FNO3. The first kappa shape index (κ1) is 18.4. The van der Waals surface area contributed by atoms with Gasteiger partial charge in [-0.05, 0) is 44.2 Å². The van der Waals surface area contributed by atoms with Crippen LogP contribution in [0, 0.1) is 17.7 Å². The zero-order valence-corrected chi connectivity index (χ0v) is 14.8. The van der Waals surface area contributed by atoms with Crippen molar-refractivity contribution in [1.29, 1.82) is 0 Å². The molecule has 2 rings (SSSR count). The van der Waals surface area contributed by atoms with Crippen molar-refractivity contribution < 1.29 is 18.7 Å². The second-order valence-corrected chi connectivity index (χ2v) is 6.84. The molecule has 24 heavy (non-hydrogen) atoms. The molecule has 0 spiro atoms. The summed E-state index contributed by atoms with van der Waals surface area (Å²) in [5.74, 6) is 0.0884. The van der Waals surface area contributed by atoms with Crippen molar-refractivity contribution in [2.45, 2.75) is 59.1 Å². The van der Waals surface area contributed by atoms with Gasteiger partial charge < -0.3 is 10.1 Å². The average Bonchev–Trinajstić information content (AvgIpc) is 2.51. The summed E-state index contributed by atoms with van der Waals surface area (Å²) in [7, 11) is 0. The standard InChI is InChI=1S/C19H26FNO3/c1-11-6-5-7-18(12(11)2)21-19(23)14(4)24-15-8-9-16(13(3)22)17(20)10-15/h8-12,14,18H,5-7H2,1-4H3,(H,21,23). The molecule has 4 atom stereocenters. The number of halogens is 1. The summed E-state index contributed by atoms with van der Waals surface area (Å²) in [5.41, 5.74) is 0.0180. The fourth-order valence-electron chi connectivity index (χ4n) is 3.20. The van der Waals surface area contributed by atoms with Crippen LogP contribution in [0.3, 0.4) is 0 Å². The van der Waals surface area contributed by atoms with E-state index in [1.54, 1.807) is 6.92 Å². The topological polar surface area (TPSA) is 55.4 Å². The summed E-state index contributed by atoms with van der Waals surface area (Å²) >= 11 is 0. The highest BCUT2D eigenvalue weighted by Gasteiger charge is 2.29. The number of ether oxygens (including phenoxy) is 1. The summed E-state index contributed by atoms with van der Waals surface area (Å²) in [6.07, 6.45) is 2.56. The average molecular weight is 335 g/mol. The monoisotopic (exact) mass is 335 g/mol. The number of amides is 1. The Labute approximate surface area is 142 Å². The van der Waals surface area contributed by atoms with Crippen molar-refractivity contribution >= 4 is 11.7 Å². The first-order chi connectivity index (χ1) is 11.3. The highest BCUT2D eigenvalue weighted by atomic mass is 19.1. The number of carbonyl (C=O) groups excluding carboxylic acids is 2. The van der Waals surface area contributed by atoms with Crippen LogP contribution in [0.4, 0.5) is 4.39 Å². The maximum atomic E-state index is 13.8. The summed E-state index contributed by atoms with van der Waals surface area (Å²) in [4.78, 5) is 23.6. The molecule has 0 aromatic heterocycles. The fraction of sp³-hybridized carbons (Fsp3) is 0.579. The highest BCUT2D eigenvalue weighted by molar-refractivity contribution is 5.94. The minimum atomic E-state index is -0.725. The normalized spacial score (nSPS) is 25.0. The highest BCUT2D eigenvalue weighted by Crippen LogP contribution is 2.29. The van der Waals surface area contributed by atoms with E-state index in [4.69, 9.17) is 4.74 Å². The Morgan fingerprint density at radius 3 is 2.62 bits per heavy atom. The molecule has 1 saturated carbocycles. The van der Waals surface area contributed by atoms with Gasteiger partial charge in [0.25, 0.3) is 5.91 Å². The van der Waals surface area contributed by atoms with Crippen LogP contribution < -0.4 is 10.1 Å². The molecule has 1 aliphatic carbocycles. The van der Waals surface area contributed by atoms with Crippen molar-refractivity contribution in [3.63, 3.8) is 0 Å². The molecular weight excluding hydrogens is 309 g/mol. The van der Waals surface area contributed by atoms with E-state index < -0.39 is 11.9 Å². The van der Waals surface area contributed by atoms with E-state index in [0.717, 1.165) is 18.9 Å². The van der Waals surface area contributed by atoms with E-state index in [-0.39, 0.29) is 29.0 Å². The number of ketones is 1. The van der Waals surface area contributed by atoms with Gasteiger partial charge in [0, 0.05) is 12.1 Å². The lowest BCUT2D eigenvalue weighted by Crippen LogP contribution is -2.48. The lowest BCUT2D eigenvalue weighted by molar-refractivity contribution is -0.128. The summed E-state index contributed by atoms with van der Waals surface area (Å²) in [6.45, 7) is 7.32. The van der Waals surface area contributed by atoms with Crippen LogP contribution in [0.5, 0.6) is 5.75 Å². The lowest BCUT2D eigenvalue weighted by Gasteiger charge is -2.35. The van der Waals surface area contributed by atoms with Gasteiger partial charge in [0.15, 0.2) is 11.9 Å². The minimum absolute atomic E-state index is 0.0180. The Morgan fingerprint density at radius 2 is 2.00 bits per heavy atom. The number of nitrogens with one attached hydrogen (secondary N) is 1. The van der Waals surface area contributed by atoms with Gasteiger partial charge in [0.05, 0.1) is 5.56 Å². The molecule has 132 valence electrons. The predicted molar refractivity (Wildman–Crippen MR) is 90.6 cm³/mol. The van der Waals surface area contributed by atoms with Crippen molar-refractivity contribution in [2.75, 3.05) is 0 Å². The van der Waals surface area contributed by atoms with Gasteiger partial charge in [0.1, 0.15) is 11.6 Å². The van der Waals surface area contributed by atoms with Gasteiger partial charge in [-0.15, -0.1) is 0 Å². The molecule has 1 amide bonds. The van der Waals surface area contributed by atoms with Crippen LogP contribution in [0.25, 0.3) is 0 Å². The molecule has 0 radical (unpaired) electrons. The molecule has 5 heteroatoms. The zero-order chi connectivity index (χ0) is 17.9. The summed E-state index contributed by atoms with van der Waals surface area (Å²) < 4.78 is 19.3. The van der Waals surface area contributed by atoms with E-state index in [1.807, 2.05) is 0 Å². The van der Waals surface area contributed by atoms with Crippen LogP contribution in [0.2, 0.25) is 0 Å². The number of Topliss-reactive ketones (excluding diaryl/α,β-unsaturated/α-hetero) is 1. The smallest absolute Gasteiger partial charge is 0.261 e. The van der Waals surface area contributed by atoms with Crippen LogP contribution in [0.15, 0.2) is 18.2 Å². The molecule has 1 N–H and O–H groups in total. The largest absolute Gasteiger partial charge is 0.481 e. The van der Waals surface area contributed by atoms with Crippen LogP contribution >= 0.6 is 0 Å². The van der Waals surface area contributed by atoms with E-state index in [1.165, 1.54) is 25.5 Å². The molecule has 4 nitrogen and oxygen atoms in total. The molecule has 1 aliphatic rings. The second-order valence-electron chi connectivity index (χ2n) is 6.84. The Morgan fingerprint density at radius 1 is 1.29 bits per heavy atom. The van der Waals surface area contributed by atoms with Crippen molar-refractivity contribution in [2.24, 2.45) is 11.8 Å². The third-order valence-corrected chi connectivity index (χ3v) is 5.04. The predicted octanol–water partition coefficient (Wildman–Crippen LogP) is 3.74. The molecule has 0 saturated heterocycles. The zero-order valence-electron chi connectivity index (χ0n) is 14.8. The number of carbonyl (C=O) groups is 2. The van der Waals surface area contributed by atoms with E-state index >= 15 is 0 Å². The van der Waals surface area contributed by atoms with Gasteiger partial charge in [-0.25, -0.2) is 4.39 Å². The van der Waals surface area contributed by atoms with Gasteiger partial charge in [-0.2, -0.15) is 0 Å². The maximum Gasteiger partial charge on any atom is 0.261 e. The van der Waals surface area contributed by atoms with Gasteiger partial charge in [0.2, 0.25) is 0 Å². The molecule has 0 bridgehead atoms. The first-order valence-corrected chi connectivity index (χ1v) is 8.57. The van der Waals surface area contributed by atoms with Crippen LogP contribution in [-0.4, -0.2) is 23.8 Å². The Balaban J connectivity index is 1.96. The molecule has 1 fully saturated rings. The Bertz CT molecular complexity index is 617. The van der Waals surface area contributed by atoms with Crippen molar-refractivity contribution in [1.82, 2.24) is 5.32 Å². The van der Waals surface area contributed by atoms with Gasteiger partial charge in [-0.3, -0.25) is 9.59 Å². The van der Waals surface area contributed by atoms with E-state index in [9.17, 15) is 14.0 Å². The Hall–Kier alpha value is -1.91.